The van der Waals surface area contributed by atoms with Crippen molar-refractivity contribution in [1.29, 1.82) is 0 Å². The van der Waals surface area contributed by atoms with E-state index in [-0.39, 0.29) is 23.3 Å². The number of amides is 1. The van der Waals surface area contributed by atoms with Crippen LogP contribution in [0, 0.1) is 19.8 Å². The van der Waals surface area contributed by atoms with Crippen molar-refractivity contribution in [2.45, 2.75) is 38.7 Å². The lowest BCUT2D eigenvalue weighted by Crippen LogP contribution is -2.51. The molecule has 0 saturated heterocycles. The Bertz CT molecular complexity index is 968. The maximum absolute atomic E-state index is 13.3. The van der Waals surface area contributed by atoms with Gasteiger partial charge in [-0.2, -0.15) is 0 Å². The predicted molar refractivity (Wildman–Crippen MR) is 109 cm³/mol. The maximum atomic E-state index is 13.3. The zero-order chi connectivity index (χ0) is 20.5. The van der Waals surface area contributed by atoms with E-state index in [0.717, 1.165) is 11.1 Å². The third-order valence-electron chi connectivity index (χ3n) is 4.57. The number of rotatable bonds is 5. The van der Waals surface area contributed by atoms with Crippen LogP contribution in [0.1, 0.15) is 25.0 Å². The molecule has 1 aliphatic rings. The number of fused-ring (bicyclic) bond motifs is 1. The first-order valence-electron chi connectivity index (χ1n) is 9.33. The van der Waals surface area contributed by atoms with Crippen LogP contribution >= 0.6 is 0 Å². The molecule has 1 N–H and O–H groups in total. The Kier molecular flexibility index (Phi) is 5.65. The standard InChI is InChI=1S/C21H26N2O4S/c1-14(2)12-22-21(24)20-13-23(18-10-7-16(4)11-19(18)27-20)28(25,26)17-8-5-15(3)6-9-17/h5-11,14,20H,12-13H2,1-4H3,(H,22,24)/t20-/m0/s1. The molecule has 3 rings (SSSR count). The number of carbonyl (C=O) groups excluding carboxylic acids is 1. The summed E-state index contributed by atoms with van der Waals surface area (Å²) in [5, 5.41) is 2.83. The molecule has 0 radical (unpaired) electrons. The summed E-state index contributed by atoms with van der Waals surface area (Å²) < 4.78 is 33.8. The SMILES string of the molecule is Cc1ccc(S(=O)(=O)N2C[C@@H](C(=O)NCC(C)C)Oc3cc(C)ccc32)cc1. The molecule has 1 atom stereocenters. The highest BCUT2D eigenvalue weighted by Gasteiger charge is 2.37. The van der Waals surface area contributed by atoms with Gasteiger partial charge >= 0.3 is 0 Å². The summed E-state index contributed by atoms with van der Waals surface area (Å²) in [5.74, 6) is 0.367. The van der Waals surface area contributed by atoms with Gasteiger partial charge in [0.2, 0.25) is 0 Å². The summed E-state index contributed by atoms with van der Waals surface area (Å²) in [6.45, 7) is 8.22. The average molecular weight is 403 g/mol. The van der Waals surface area contributed by atoms with Crippen LogP contribution in [-0.2, 0) is 14.8 Å². The second-order valence-corrected chi connectivity index (χ2v) is 9.43. The first kappa shape index (κ1) is 20.2. The van der Waals surface area contributed by atoms with Crippen LogP contribution in [0.25, 0.3) is 0 Å². The molecule has 0 fully saturated rings. The number of ether oxygens (including phenoxy) is 1. The fourth-order valence-electron chi connectivity index (χ4n) is 2.98. The van der Waals surface area contributed by atoms with Crippen molar-refractivity contribution in [1.82, 2.24) is 5.32 Å². The number of aryl methyl sites for hydroxylation is 2. The van der Waals surface area contributed by atoms with Gasteiger partial charge in [-0.1, -0.05) is 37.6 Å². The van der Waals surface area contributed by atoms with Crippen LogP contribution in [0.4, 0.5) is 5.69 Å². The van der Waals surface area contributed by atoms with Gasteiger partial charge in [-0.25, -0.2) is 8.42 Å². The van der Waals surface area contributed by atoms with Crippen molar-refractivity contribution < 1.29 is 17.9 Å². The van der Waals surface area contributed by atoms with Gasteiger partial charge in [0.05, 0.1) is 17.1 Å². The Balaban J connectivity index is 1.99. The molecule has 0 bridgehead atoms. The van der Waals surface area contributed by atoms with Crippen molar-refractivity contribution in [3.05, 3.63) is 53.6 Å². The van der Waals surface area contributed by atoms with Crippen LogP contribution in [0.15, 0.2) is 47.4 Å². The molecule has 2 aromatic rings. The van der Waals surface area contributed by atoms with Crippen LogP contribution in [0.5, 0.6) is 5.75 Å². The summed E-state index contributed by atoms with van der Waals surface area (Å²) in [6.07, 6.45) is -0.909. The highest BCUT2D eigenvalue weighted by Crippen LogP contribution is 2.37. The number of hydrogen-bond donors (Lipinski definition) is 1. The molecular formula is C21H26N2O4S. The van der Waals surface area contributed by atoms with Gasteiger partial charge in [0.25, 0.3) is 15.9 Å². The largest absolute Gasteiger partial charge is 0.476 e. The van der Waals surface area contributed by atoms with Crippen LogP contribution in [0.2, 0.25) is 0 Å². The quantitative estimate of drug-likeness (QED) is 0.834. The fraction of sp³-hybridized carbons (Fsp3) is 0.381. The Morgan fingerprint density at radius 1 is 1.14 bits per heavy atom. The van der Waals surface area contributed by atoms with Gasteiger partial charge < -0.3 is 10.1 Å². The summed E-state index contributed by atoms with van der Waals surface area (Å²) in [5.41, 5.74) is 2.34. The smallest absolute Gasteiger partial charge is 0.264 e. The Hall–Kier alpha value is -2.54. The molecule has 28 heavy (non-hydrogen) atoms. The van der Waals surface area contributed by atoms with Crippen LogP contribution in [-0.4, -0.2) is 33.5 Å². The Labute approximate surface area is 166 Å². The average Bonchev–Trinajstić information content (AvgIpc) is 2.65. The van der Waals surface area contributed by atoms with E-state index in [1.165, 1.54) is 4.31 Å². The van der Waals surface area contributed by atoms with Crippen LogP contribution < -0.4 is 14.4 Å². The van der Waals surface area contributed by atoms with E-state index in [9.17, 15) is 13.2 Å². The second kappa shape index (κ2) is 7.83. The fourth-order valence-corrected chi connectivity index (χ4v) is 4.46. The van der Waals surface area contributed by atoms with Crippen LogP contribution in [0.3, 0.4) is 0 Å². The molecular weight excluding hydrogens is 376 g/mol. The number of hydrogen-bond acceptors (Lipinski definition) is 4. The summed E-state index contributed by atoms with van der Waals surface area (Å²) >= 11 is 0. The molecule has 0 aliphatic carbocycles. The van der Waals surface area contributed by atoms with E-state index in [1.807, 2.05) is 33.8 Å². The molecule has 0 aromatic heterocycles. The molecule has 7 heteroatoms. The molecule has 1 amide bonds. The minimum Gasteiger partial charge on any atom is -0.476 e. The predicted octanol–water partition coefficient (Wildman–Crippen LogP) is 3.03. The van der Waals surface area contributed by atoms with Crippen molar-refractivity contribution in [3.8, 4) is 5.75 Å². The number of sulfonamides is 1. The van der Waals surface area contributed by atoms with Gasteiger partial charge in [0, 0.05) is 6.54 Å². The highest BCUT2D eigenvalue weighted by molar-refractivity contribution is 7.92. The van der Waals surface area contributed by atoms with Crippen molar-refractivity contribution in [2.24, 2.45) is 5.92 Å². The second-order valence-electron chi connectivity index (χ2n) is 7.57. The molecule has 0 saturated carbocycles. The molecule has 0 unspecified atom stereocenters. The molecule has 6 nitrogen and oxygen atoms in total. The van der Waals surface area contributed by atoms with E-state index < -0.39 is 16.1 Å². The van der Waals surface area contributed by atoms with Gasteiger partial charge in [0.1, 0.15) is 5.75 Å². The lowest BCUT2D eigenvalue weighted by atomic mass is 10.1. The first-order valence-corrected chi connectivity index (χ1v) is 10.8. The number of nitrogens with zero attached hydrogens (tertiary/aromatic N) is 1. The molecule has 1 aliphatic heterocycles. The number of benzene rings is 2. The monoisotopic (exact) mass is 402 g/mol. The van der Waals surface area contributed by atoms with Gasteiger partial charge in [-0.15, -0.1) is 0 Å². The summed E-state index contributed by atoms with van der Waals surface area (Å²) in [4.78, 5) is 12.8. The zero-order valence-electron chi connectivity index (χ0n) is 16.6. The van der Waals surface area contributed by atoms with Gasteiger partial charge in [-0.3, -0.25) is 9.10 Å². The van der Waals surface area contributed by atoms with E-state index in [0.29, 0.717) is 18.0 Å². The molecule has 0 spiro atoms. The normalized spacial score (nSPS) is 16.5. The van der Waals surface area contributed by atoms with E-state index in [4.69, 9.17) is 4.74 Å². The Morgan fingerprint density at radius 3 is 2.43 bits per heavy atom. The zero-order valence-corrected chi connectivity index (χ0v) is 17.4. The molecule has 150 valence electrons. The van der Waals surface area contributed by atoms with E-state index >= 15 is 0 Å². The minimum atomic E-state index is -3.83. The third kappa shape index (κ3) is 4.14. The lowest BCUT2D eigenvalue weighted by molar-refractivity contribution is -0.127. The third-order valence-corrected chi connectivity index (χ3v) is 6.36. The lowest BCUT2D eigenvalue weighted by Gasteiger charge is -2.35. The van der Waals surface area contributed by atoms with Crippen molar-refractivity contribution >= 4 is 21.6 Å². The van der Waals surface area contributed by atoms with Gasteiger partial charge in [-0.05, 0) is 49.6 Å². The minimum absolute atomic E-state index is 0.0732. The van der Waals surface area contributed by atoms with E-state index in [2.05, 4.69) is 5.32 Å². The first-order chi connectivity index (χ1) is 13.2. The number of carbonyl (C=O) groups is 1. The van der Waals surface area contributed by atoms with E-state index in [1.54, 1.807) is 36.4 Å². The summed E-state index contributed by atoms with van der Waals surface area (Å²) in [6, 6.07) is 12.0. The molecule has 2 aromatic carbocycles. The number of nitrogens with one attached hydrogen (secondary N) is 1. The number of anilines is 1. The van der Waals surface area contributed by atoms with Crippen molar-refractivity contribution in [2.75, 3.05) is 17.4 Å². The van der Waals surface area contributed by atoms with Crippen molar-refractivity contribution in [3.63, 3.8) is 0 Å². The Morgan fingerprint density at radius 2 is 1.79 bits per heavy atom. The highest BCUT2D eigenvalue weighted by atomic mass is 32.2. The topological polar surface area (TPSA) is 75.7 Å². The maximum Gasteiger partial charge on any atom is 0.264 e. The molecule has 1 heterocycles. The summed E-state index contributed by atoms with van der Waals surface area (Å²) in [7, 11) is -3.83. The van der Waals surface area contributed by atoms with Gasteiger partial charge in [0.15, 0.2) is 6.10 Å².